The van der Waals surface area contributed by atoms with Gasteiger partial charge in [0.05, 0.1) is 12.4 Å². The summed E-state index contributed by atoms with van der Waals surface area (Å²) in [6.07, 6.45) is 9.34. The molecule has 1 saturated heterocycles. The van der Waals surface area contributed by atoms with Crippen molar-refractivity contribution in [2.75, 3.05) is 26.2 Å². The molecule has 4 N–H and O–H groups in total. The Labute approximate surface area is 219 Å². The number of H-pyrrole nitrogens is 1. The van der Waals surface area contributed by atoms with Crippen LogP contribution < -0.4 is 15.4 Å². The highest BCUT2D eigenvalue weighted by atomic mass is 16.5. The smallest absolute Gasteiger partial charge is 0.326 e. The number of fused-ring (bicyclic) bond motifs is 1. The van der Waals surface area contributed by atoms with Crippen molar-refractivity contribution in [2.24, 2.45) is 10.9 Å². The number of carboxylic acid groups (broad SMARTS) is 1. The first-order valence-corrected chi connectivity index (χ1v) is 13.6. The van der Waals surface area contributed by atoms with E-state index in [1.807, 2.05) is 49.5 Å². The molecule has 7 nitrogen and oxygen atoms in total. The molecule has 2 aromatic carbocycles. The number of aliphatic imine (C=N–C) groups is 1. The van der Waals surface area contributed by atoms with Crippen molar-refractivity contribution in [3.05, 3.63) is 65.9 Å². The number of hydrogen-bond donors (Lipinski definition) is 4. The third kappa shape index (κ3) is 8.35. The molecule has 37 heavy (non-hydrogen) atoms. The van der Waals surface area contributed by atoms with Crippen molar-refractivity contribution in [1.29, 1.82) is 0 Å². The second-order valence-electron chi connectivity index (χ2n) is 10.00. The summed E-state index contributed by atoms with van der Waals surface area (Å²) in [6, 6.07) is 15.2. The van der Waals surface area contributed by atoms with E-state index in [1.165, 1.54) is 36.6 Å². The molecule has 1 atom stereocenters. The zero-order chi connectivity index (χ0) is 25.9. The van der Waals surface area contributed by atoms with Gasteiger partial charge < -0.3 is 25.5 Å². The fourth-order valence-corrected chi connectivity index (χ4v) is 5.03. The Hall–Kier alpha value is -3.32. The van der Waals surface area contributed by atoms with Crippen molar-refractivity contribution in [3.8, 4) is 5.75 Å². The standard InChI is InChI=1S/C30H40N4O3/c1-22(32-18-15-25-21-33-28-8-3-2-7-27(25)28)34-29(30(35)36)20-24-9-11-26(12-10-24)37-19-5-4-6-23-13-16-31-17-14-23/h2-3,7-12,21,23,29,31,33H,4-6,13-20H2,1H3,(H,32,34)(H,35,36)/t29-/m0/s1. The van der Waals surface area contributed by atoms with Gasteiger partial charge in [0.25, 0.3) is 0 Å². The van der Waals surface area contributed by atoms with E-state index >= 15 is 0 Å². The van der Waals surface area contributed by atoms with Gasteiger partial charge in [-0.05, 0) is 87.4 Å². The highest BCUT2D eigenvalue weighted by Gasteiger charge is 2.18. The van der Waals surface area contributed by atoms with Crippen molar-refractivity contribution in [3.63, 3.8) is 0 Å². The lowest BCUT2D eigenvalue weighted by atomic mass is 9.93. The maximum atomic E-state index is 11.9. The molecule has 198 valence electrons. The molecule has 3 aromatic rings. The number of carbonyl (C=O) groups is 1. The van der Waals surface area contributed by atoms with Crippen LogP contribution in [0, 0.1) is 5.92 Å². The number of para-hydroxylation sites is 1. The number of carboxylic acids is 1. The first-order valence-electron chi connectivity index (χ1n) is 13.6. The van der Waals surface area contributed by atoms with Gasteiger partial charge >= 0.3 is 5.97 Å². The van der Waals surface area contributed by atoms with Crippen LogP contribution in [0.3, 0.4) is 0 Å². The Balaban J connectivity index is 1.19. The number of ether oxygens (including phenoxy) is 1. The van der Waals surface area contributed by atoms with Crippen LogP contribution in [0.25, 0.3) is 10.9 Å². The molecule has 0 saturated carbocycles. The SMILES string of the molecule is CC(=NCCc1c[nH]c2ccccc12)N[C@@H](Cc1ccc(OCCCCC2CCNCC2)cc1)C(=O)O. The molecule has 1 fully saturated rings. The number of aliphatic carboxylic acids is 1. The zero-order valence-electron chi connectivity index (χ0n) is 21.8. The van der Waals surface area contributed by atoms with Crippen LogP contribution in [0.4, 0.5) is 0 Å². The molecule has 0 amide bonds. The summed E-state index contributed by atoms with van der Waals surface area (Å²) in [6.45, 7) is 5.45. The summed E-state index contributed by atoms with van der Waals surface area (Å²) >= 11 is 0. The van der Waals surface area contributed by atoms with Gasteiger partial charge in [-0.2, -0.15) is 0 Å². The summed E-state index contributed by atoms with van der Waals surface area (Å²) in [5, 5.41) is 17.4. The van der Waals surface area contributed by atoms with Crippen LogP contribution in [0.2, 0.25) is 0 Å². The number of nitrogens with zero attached hydrogens (tertiary/aromatic N) is 1. The zero-order valence-corrected chi connectivity index (χ0v) is 21.8. The molecule has 0 spiro atoms. The van der Waals surface area contributed by atoms with Crippen LogP contribution in [0.15, 0.2) is 59.7 Å². The molecule has 4 rings (SSSR count). The first-order chi connectivity index (χ1) is 18.1. The van der Waals surface area contributed by atoms with Crippen LogP contribution in [-0.4, -0.2) is 54.2 Å². The van der Waals surface area contributed by atoms with Crippen LogP contribution in [0.5, 0.6) is 5.75 Å². The molecule has 0 bridgehead atoms. The molecule has 1 aromatic heterocycles. The van der Waals surface area contributed by atoms with Crippen molar-refractivity contribution >= 4 is 22.7 Å². The fourth-order valence-electron chi connectivity index (χ4n) is 5.03. The molecule has 0 radical (unpaired) electrons. The van der Waals surface area contributed by atoms with E-state index in [2.05, 4.69) is 32.7 Å². The minimum atomic E-state index is -0.889. The van der Waals surface area contributed by atoms with Gasteiger partial charge in [0.1, 0.15) is 11.8 Å². The predicted molar refractivity (Wildman–Crippen MR) is 150 cm³/mol. The summed E-state index contributed by atoms with van der Waals surface area (Å²) < 4.78 is 5.90. The van der Waals surface area contributed by atoms with E-state index in [0.717, 1.165) is 55.3 Å². The lowest BCUT2D eigenvalue weighted by Crippen LogP contribution is -2.41. The number of unbranched alkanes of at least 4 members (excludes halogenated alkanes) is 1. The molecule has 1 aliphatic rings. The second kappa shape index (κ2) is 13.8. The first kappa shape index (κ1) is 26.7. The number of aromatic amines is 1. The van der Waals surface area contributed by atoms with E-state index < -0.39 is 12.0 Å². The summed E-state index contributed by atoms with van der Waals surface area (Å²) in [7, 11) is 0. The summed E-state index contributed by atoms with van der Waals surface area (Å²) in [4.78, 5) is 19.7. The Bertz CT molecular complexity index is 1150. The monoisotopic (exact) mass is 504 g/mol. The largest absolute Gasteiger partial charge is 0.494 e. The topological polar surface area (TPSA) is 98.7 Å². The molecule has 0 unspecified atom stereocenters. The Morgan fingerprint density at radius 1 is 1.14 bits per heavy atom. The number of nitrogens with one attached hydrogen (secondary N) is 3. The number of hydrogen-bond acceptors (Lipinski definition) is 4. The molecule has 0 aliphatic carbocycles. The second-order valence-corrected chi connectivity index (χ2v) is 10.00. The van der Waals surface area contributed by atoms with Crippen LogP contribution in [-0.2, 0) is 17.6 Å². The highest BCUT2D eigenvalue weighted by molar-refractivity contribution is 5.86. The molecular weight excluding hydrogens is 464 g/mol. The predicted octanol–water partition coefficient (Wildman–Crippen LogP) is 4.96. The Morgan fingerprint density at radius 3 is 2.70 bits per heavy atom. The Kier molecular flexibility index (Phi) is 10.0. The van der Waals surface area contributed by atoms with Gasteiger partial charge in [0, 0.05) is 30.1 Å². The Morgan fingerprint density at radius 2 is 1.92 bits per heavy atom. The number of rotatable bonds is 13. The lowest BCUT2D eigenvalue weighted by molar-refractivity contribution is -0.139. The third-order valence-corrected chi connectivity index (χ3v) is 7.18. The maximum absolute atomic E-state index is 11.9. The van der Waals surface area contributed by atoms with Crippen LogP contribution >= 0.6 is 0 Å². The van der Waals surface area contributed by atoms with E-state index in [4.69, 9.17) is 4.74 Å². The van der Waals surface area contributed by atoms with Crippen molar-refractivity contribution in [2.45, 2.75) is 57.9 Å². The number of amidine groups is 1. The molecule has 2 heterocycles. The molecule has 7 heteroatoms. The van der Waals surface area contributed by atoms with Gasteiger partial charge in [-0.15, -0.1) is 0 Å². The summed E-state index contributed by atoms with van der Waals surface area (Å²) in [5.74, 6) is 1.45. The van der Waals surface area contributed by atoms with E-state index in [-0.39, 0.29) is 0 Å². The maximum Gasteiger partial charge on any atom is 0.326 e. The number of piperidine rings is 1. The lowest BCUT2D eigenvalue weighted by Gasteiger charge is -2.22. The van der Waals surface area contributed by atoms with E-state index in [1.54, 1.807) is 0 Å². The van der Waals surface area contributed by atoms with Gasteiger partial charge in [0.15, 0.2) is 0 Å². The highest BCUT2D eigenvalue weighted by Crippen LogP contribution is 2.20. The van der Waals surface area contributed by atoms with Crippen molar-refractivity contribution < 1.29 is 14.6 Å². The third-order valence-electron chi connectivity index (χ3n) is 7.18. The molecular formula is C30H40N4O3. The van der Waals surface area contributed by atoms with Gasteiger partial charge in [-0.25, -0.2) is 4.79 Å². The minimum Gasteiger partial charge on any atom is -0.494 e. The number of benzene rings is 2. The molecule has 1 aliphatic heterocycles. The summed E-state index contributed by atoms with van der Waals surface area (Å²) in [5.41, 5.74) is 3.28. The minimum absolute atomic E-state index is 0.376. The van der Waals surface area contributed by atoms with E-state index in [9.17, 15) is 9.90 Å². The average molecular weight is 505 g/mol. The van der Waals surface area contributed by atoms with Gasteiger partial charge in [0.2, 0.25) is 0 Å². The average Bonchev–Trinajstić information content (AvgIpc) is 3.32. The van der Waals surface area contributed by atoms with Crippen LogP contribution in [0.1, 0.15) is 50.2 Å². The quantitative estimate of drug-likeness (QED) is 0.150. The van der Waals surface area contributed by atoms with Gasteiger partial charge in [-0.1, -0.05) is 36.8 Å². The van der Waals surface area contributed by atoms with Gasteiger partial charge in [-0.3, -0.25) is 4.99 Å². The normalized spacial score (nSPS) is 15.5. The van der Waals surface area contributed by atoms with E-state index in [0.29, 0.717) is 18.8 Å². The van der Waals surface area contributed by atoms with Crippen molar-refractivity contribution in [1.82, 2.24) is 15.6 Å². The number of aromatic nitrogens is 1. The fraction of sp³-hybridized carbons (Fsp3) is 0.467.